The highest BCUT2D eigenvalue weighted by molar-refractivity contribution is 5.44. The fourth-order valence-corrected chi connectivity index (χ4v) is 2.03. The number of nitrogens with zero attached hydrogens (tertiary/aromatic N) is 1. The van der Waals surface area contributed by atoms with Crippen molar-refractivity contribution in [2.75, 3.05) is 26.0 Å². The highest BCUT2D eigenvalue weighted by Crippen LogP contribution is 2.11. The standard InChI is InChI=1S/C15H27N3/c1-12(2)9-14(16)10-17-15-7-5-13(6-8-15)11-18(3)4/h5-8,12,14,17H,9-11,16H2,1-4H3. The highest BCUT2D eigenvalue weighted by atomic mass is 15.0. The van der Waals surface area contributed by atoms with Crippen molar-refractivity contribution in [3.8, 4) is 0 Å². The second-order valence-electron chi connectivity index (χ2n) is 5.71. The van der Waals surface area contributed by atoms with Crippen LogP contribution in [0.4, 0.5) is 5.69 Å². The third-order valence-electron chi connectivity index (χ3n) is 2.80. The lowest BCUT2D eigenvalue weighted by Crippen LogP contribution is -2.30. The fraction of sp³-hybridized carbons (Fsp3) is 0.600. The molecule has 0 amide bonds. The number of anilines is 1. The zero-order valence-electron chi connectivity index (χ0n) is 12.1. The molecular formula is C15H27N3. The van der Waals surface area contributed by atoms with E-state index in [1.165, 1.54) is 5.56 Å². The molecule has 1 aromatic carbocycles. The summed E-state index contributed by atoms with van der Waals surface area (Å²) in [6.07, 6.45) is 1.06. The van der Waals surface area contributed by atoms with Crippen LogP contribution in [-0.2, 0) is 6.54 Å². The summed E-state index contributed by atoms with van der Waals surface area (Å²) in [5.41, 5.74) is 8.53. The number of benzene rings is 1. The zero-order chi connectivity index (χ0) is 13.5. The number of nitrogens with one attached hydrogen (secondary N) is 1. The van der Waals surface area contributed by atoms with Crippen molar-refractivity contribution >= 4 is 5.69 Å². The van der Waals surface area contributed by atoms with Gasteiger partial charge < -0.3 is 16.0 Å². The smallest absolute Gasteiger partial charge is 0.0340 e. The van der Waals surface area contributed by atoms with Crippen LogP contribution in [0.15, 0.2) is 24.3 Å². The number of hydrogen-bond donors (Lipinski definition) is 2. The maximum absolute atomic E-state index is 6.05. The Bertz CT molecular complexity index is 330. The lowest BCUT2D eigenvalue weighted by atomic mass is 10.0. The van der Waals surface area contributed by atoms with Crippen LogP contribution in [0.5, 0.6) is 0 Å². The van der Waals surface area contributed by atoms with E-state index < -0.39 is 0 Å². The fourth-order valence-electron chi connectivity index (χ4n) is 2.03. The Morgan fingerprint density at radius 3 is 2.28 bits per heavy atom. The van der Waals surface area contributed by atoms with E-state index in [1.807, 2.05) is 0 Å². The molecule has 102 valence electrons. The molecule has 1 atom stereocenters. The maximum Gasteiger partial charge on any atom is 0.0340 e. The first kappa shape index (κ1) is 15.0. The van der Waals surface area contributed by atoms with Crippen molar-refractivity contribution < 1.29 is 0 Å². The van der Waals surface area contributed by atoms with Gasteiger partial charge in [-0.25, -0.2) is 0 Å². The van der Waals surface area contributed by atoms with Gasteiger partial charge in [-0.3, -0.25) is 0 Å². The van der Waals surface area contributed by atoms with Gasteiger partial charge in [0.25, 0.3) is 0 Å². The first-order valence-corrected chi connectivity index (χ1v) is 6.70. The molecule has 0 saturated heterocycles. The summed E-state index contributed by atoms with van der Waals surface area (Å²) in [6, 6.07) is 8.81. The normalized spacial score (nSPS) is 13.1. The molecule has 0 aliphatic rings. The lowest BCUT2D eigenvalue weighted by Gasteiger charge is -2.16. The summed E-state index contributed by atoms with van der Waals surface area (Å²) >= 11 is 0. The van der Waals surface area contributed by atoms with Gasteiger partial charge in [0.15, 0.2) is 0 Å². The monoisotopic (exact) mass is 249 g/mol. The quantitative estimate of drug-likeness (QED) is 0.780. The maximum atomic E-state index is 6.05. The Labute approximate surface area is 111 Å². The Balaban J connectivity index is 2.39. The number of rotatable bonds is 7. The van der Waals surface area contributed by atoms with Gasteiger partial charge in [0.1, 0.15) is 0 Å². The summed E-state index contributed by atoms with van der Waals surface area (Å²) in [6.45, 7) is 6.23. The van der Waals surface area contributed by atoms with E-state index in [0.717, 1.165) is 25.2 Å². The van der Waals surface area contributed by atoms with Crippen LogP contribution in [-0.4, -0.2) is 31.6 Å². The molecule has 0 aliphatic heterocycles. The molecule has 1 aromatic rings. The molecule has 0 bridgehead atoms. The van der Waals surface area contributed by atoms with Crippen LogP contribution < -0.4 is 11.1 Å². The summed E-state index contributed by atoms with van der Waals surface area (Å²) < 4.78 is 0. The molecule has 3 heteroatoms. The van der Waals surface area contributed by atoms with Crippen LogP contribution in [0.2, 0.25) is 0 Å². The highest BCUT2D eigenvalue weighted by Gasteiger charge is 2.05. The summed E-state index contributed by atoms with van der Waals surface area (Å²) in [5, 5.41) is 3.39. The predicted octanol–water partition coefficient (Wildman–Crippen LogP) is 2.53. The van der Waals surface area contributed by atoms with Crippen molar-refractivity contribution in [3.05, 3.63) is 29.8 Å². The van der Waals surface area contributed by atoms with Gasteiger partial charge in [-0.1, -0.05) is 26.0 Å². The molecular weight excluding hydrogens is 222 g/mol. The first-order valence-electron chi connectivity index (χ1n) is 6.70. The Kier molecular flexibility index (Phi) is 6.16. The molecule has 0 aliphatic carbocycles. The van der Waals surface area contributed by atoms with Crippen LogP contribution in [0.1, 0.15) is 25.8 Å². The molecule has 0 saturated carbocycles. The van der Waals surface area contributed by atoms with Gasteiger partial charge >= 0.3 is 0 Å². The average molecular weight is 249 g/mol. The van der Waals surface area contributed by atoms with Crippen LogP contribution in [0.25, 0.3) is 0 Å². The third kappa shape index (κ3) is 6.03. The van der Waals surface area contributed by atoms with Gasteiger partial charge in [-0.05, 0) is 44.1 Å². The van der Waals surface area contributed by atoms with Crippen LogP contribution in [0, 0.1) is 5.92 Å². The Morgan fingerprint density at radius 1 is 1.17 bits per heavy atom. The molecule has 1 rings (SSSR count). The van der Waals surface area contributed by atoms with Crippen molar-refractivity contribution in [3.63, 3.8) is 0 Å². The molecule has 0 heterocycles. The van der Waals surface area contributed by atoms with Crippen molar-refractivity contribution in [1.29, 1.82) is 0 Å². The minimum atomic E-state index is 0.228. The van der Waals surface area contributed by atoms with E-state index in [1.54, 1.807) is 0 Å². The van der Waals surface area contributed by atoms with E-state index in [9.17, 15) is 0 Å². The molecule has 3 nitrogen and oxygen atoms in total. The van der Waals surface area contributed by atoms with Gasteiger partial charge in [0.05, 0.1) is 0 Å². The first-order chi connectivity index (χ1) is 8.47. The predicted molar refractivity (Wildman–Crippen MR) is 79.8 cm³/mol. The largest absolute Gasteiger partial charge is 0.383 e. The average Bonchev–Trinajstić information content (AvgIpc) is 2.26. The SMILES string of the molecule is CC(C)CC(N)CNc1ccc(CN(C)C)cc1. The molecule has 0 spiro atoms. The van der Waals surface area contributed by atoms with E-state index in [2.05, 4.69) is 62.4 Å². The summed E-state index contributed by atoms with van der Waals surface area (Å²) in [7, 11) is 4.16. The Hall–Kier alpha value is -1.06. The van der Waals surface area contributed by atoms with Crippen molar-refractivity contribution in [2.24, 2.45) is 11.7 Å². The minimum Gasteiger partial charge on any atom is -0.383 e. The zero-order valence-corrected chi connectivity index (χ0v) is 12.1. The molecule has 18 heavy (non-hydrogen) atoms. The van der Waals surface area contributed by atoms with Crippen molar-refractivity contribution in [2.45, 2.75) is 32.9 Å². The summed E-state index contributed by atoms with van der Waals surface area (Å²) in [4.78, 5) is 2.17. The lowest BCUT2D eigenvalue weighted by molar-refractivity contribution is 0.402. The molecule has 3 N–H and O–H groups in total. The molecule has 1 unspecified atom stereocenters. The van der Waals surface area contributed by atoms with Gasteiger partial charge in [0.2, 0.25) is 0 Å². The summed E-state index contributed by atoms with van der Waals surface area (Å²) in [5.74, 6) is 0.657. The van der Waals surface area contributed by atoms with Gasteiger partial charge in [-0.2, -0.15) is 0 Å². The topological polar surface area (TPSA) is 41.3 Å². The van der Waals surface area contributed by atoms with E-state index in [4.69, 9.17) is 5.73 Å². The number of nitrogens with two attached hydrogens (primary N) is 1. The number of hydrogen-bond acceptors (Lipinski definition) is 3. The van der Waals surface area contributed by atoms with Crippen LogP contribution >= 0.6 is 0 Å². The second-order valence-corrected chi connectivity index (χ2v) is 5.71. The molecule has 0 aromatic heterocycles. The van der Waals surface area contributed by atoms with Gasteiger partial charge in [0, 0.05) is 24.8 Å². The van der Waals surface area contributed by atoms with E-state index >= 15 is 0 Å². The van der Waals surface area contributed by atoms with Gasteiger partial charge in [-0.15, -0.1) is 0 Å². The van der Waals surface area contributed by atoms with Crippen LogP contribution in [0.3, 0.4) is 0 Å². The molecule has 0 fully saturated rings. The second kappa shape index (κ2) is 7.39. The third-order valence-corrected chi connectivity index (χ3v) is 2.80. The Morgan fingerprint density at radius 2 is 1.78 bits per heavy atom. The van der Waals surface area contributed by atoms with Crippen molar-refractivity contribution in [1.82, 2.24) is 4.90 Å². The van der Waals surface area contributed by atoms with E-state index in [-0.39, 0.29) is 6.04 Å². The minimum absolute atomic E-state index is 0.228. The molecule has 0 radical (unpaired) electrons. The van der Waals surface area contributed by atoms with E-state index in [0.29, 0.717) is 5.92 Å².